The van der Waals surface area contributed by atoms with Crippen molar-refractivity contribution in [2.45, 2.75) is 53.1 Å². The lowest BCUT2D eigenvalue weighted by atomic mass is 10.1. The maximum atomic E-state index is 12.2. The molecule has 1 aromatic rings. The van der Waals surface area contributed by atoms with Crippen LogP contribution in [0.15, 0.2) is 6.20 Å². The van der Waals surface area contributed by atoms with E-state index in [1.165, 1.54) is 5.56 Å². The SMILES string of the molecule is CCN(CC)C(=O)C(C)NCc1cn(C)nc1C(C)C. The Bertz CT molecular complexity index is 435. The molecule has 5 heteroatoms. The summed E-state index contributed by atoms with van der Waals surface area (Å²) >= 11 is 0. The molecule has 114 valence electrons. The number of hydrogen-bond donors (Lipinski definition) is 1. The van der Waals surface area contributed by atoms with Gasteiger partial charge in [0.2, 0.25) is 5.91 Å². The first kappa shape index (κ1) is 16.7. The van der Waals surface area contributed by atoms with E-state index in [1.54, 1.807) is 0 Å². The third-order valence-electron chi connectivity index (χ3n) is 3.53. The van der Waals surface area contributed by atoms with Crippen LogP contribution in [0.1, 0.15) is 51.8 Å². The molecule has 0 saturated carbocycles. The zero-order chi connectivity index (χ0) is 15.3. The van der Waals surface area contributed by atoms with Crippen molar-refractivity contribution in [2.24, 2.45) is 7.05 Å². The van der Waals surface area contributed by atoms with Gasteiger partial charge in [0.05, 0.1) is 11.7 Å². The van der Waals surface area contributed by atoms with E-state index in [1.807, 2.05) is 43.6 Å². The lowest BCUT2D eigenvalue weighted by Crippen LogP contribution is -2.44. The second kappa shape index (κ2) is 7.43. The van der Waals surface area contributed by atoms with Gasteiger partial charge in [-0.05, 0) is 26.7 Å². The maximum absolute atomic E-state index is 12.2. The fourth-order valence-corrected chi connectivity index (χ4v) is 2.34. The zero-order valence-electron chi connectivity index (χ0n) is 13.6. The Kier molecular flexibility index (Phi) is 6.20. The molecule has 1 amide bonds. The number of aromatic nitrogens is 2. The summed E-state index contributed by atoms with van der Waals surface area (Å²) in [7, 11) is 1.93. The van der Waals surface area contributed by atoms with Crippen molar-refractivity contribution >= 4 is 5.91 Å². The van der Waals surface area contributed by atoms with Gasteiger partial charge in [-0.15, -0.1) is 0 Å². The molecule has 0 radical (unpaired) electrons. The summed E-state index contributed by atoms with van der Waals surface area (Å²) in [5, 5.41) is 7.79. The fraction of sp³-hybridized carbons (Fsp3) is 0.733. The van der Waals surface area contributed by atoms with Gasteiger partial charge in [-0.1, -0.05) is 13.8 Å². The van der Waals surface area contributed by atoms with Crippen LogP contribution in [0.4, 0.5) is 0 Å². The Morgan fingerprint density at radius 3 is 2.45 bits per heavy atom. The second-order valence-electron chi connectivity index (χ2n) is 5.48. The van der Waals surface area contributed by atoms with Gasteiger partial charge in [0, 0.05) is 38.4 Å². The second-order valence-corrected chi connectivity index (χ2v) is 5.48. The standard InChI is InChI=1S/C15H28N4O/c1-7-19(8-2)15(20)12(5)16-9-13-10-18(6)17-14(13)11(3)4/h10-12,16H,7-9H2,1-6H3. The number of hydrogen-bond acceptors (Lipinski definition) is 3. The molecule has 5 nitrogen and oxygen atoms in total. The quantitative estimate of drug-likeness (QED) is 0.830. The Morgan fingerprint density at radius 1 is 1.35 bits per heavy atom. The zero-order valence-corrected chi connectivity index (χ0v) is 13.6. The first-order valence-corrected chi connectivity index (χ1v) is 7.45. The Balaban J connectivity index is 2.65. The van der Waals surface area contributed by atoms with E-state index in [2.05, 4.69) is 24.3 Å². The maximum Gasteiger partial charge on any atom is 0.239 e. The van der Waals surface area contributed by atoms with Crippen molar-refractivity contribution in [3.63, 3.8) is 0 Å². The van der Waals surface area contributed by atoms with Crippen molar-refractivity contribution < 1.29 is 4.79 Å². The van der Waals surface area contributed by atoms with Crippen LogP contribution in [0, 0.1) is 0 Å². The summed E-state index contributed by atoms with van der Waals surface area (Å²) in [6, 6.07) is -0.171. The van der Waals surface area contributed by atoms with E-state index < -0.39 is 0 Å². The van der Waals surface area contributed by atoms with Gasteiger partial charge in [0.25, 0.3) is 0 Å². The van der Waals surface area contributed by atoms with E-state index in [4.69, 9.17) is 0 Å². The van der Waals surface area contributed by atoms with E-state index in [9.17, 15) is 4.79 Å². The van der Waals surface area contributed by atoms with Crippen molar-refractivity contribution in [1.29, 1.82) is 0 Å². The molecule has 0 bridgehead atoms. The van der Waals surface area contributed by atoms with Crippen LogP contribution in [0.5, 0.6) is 0 Å². The molecule has 0 spiro atoms. The third kappa shape index (κ3) is 4.07. The van der Waals surface area contributed by atoms with Crippen LogP contribution in [0.2, 0.25) is 0 Å². The molecule has 0 aliphatic rings. The van der Waals surface area contributed by atoms with Gasteiger partial charge in [0.1, 0.15) is 0 Å². The molecule has 1 atom stereocenters. The summed E-state index contributed by atoms with van der Waals surface area (Å²) in [5.41, 5.74) is 2.27. The van der Waals surface area contributed by atoms with Gasteiger partial charge in [-0.3, -0.25) is 9.48 Å². The number of aryl methyl sites for hydroxylation is 1. The van der Waals surface area contributed by atoms with E-state index in [-0.39, 0.29) is 11.9 Å². The smallest absolute Gasteiger partial charge is 0.239 e. The highest BCUT2D eigenvalue weighted by molar-refractivity contribution is 5.81. The lowest BCUT2D eigenvalue weighted by molar-refractivity contribution is -0.132. The highest BCUT2D eigenvalue weighted by Crippen LogP contribution is 2.17. The van der Waals surface area contributed by atoms with Crippen molar-refractivity contribution in [3.8, 4) is 0 Å². The van der Waals surface area contributed by atoms with Crippen LogP contribution < -0.4 is 5.32 Å². The molecule has 1 unspecified atom stereocenters. The first-order valence-electron chi connectivity index (χ1n) is 7.45. The number of nitrogens with one attached hydrogen (secondary N) is 1. The van der Waals surface area contributed by atoms with E-state index in [0.717, 1.165) is 18.8 Å². The minimum atomic E-state index is -0.171. The van der Waals surface area contributed by atoms with Crippen molar-refractivity contribution in [3.05, 3.63) is 17.5 Å². The van der Waals surface area contributed by atoms with Crippen LogP contribution in [-0.2, 0) is 18.4 Å². The predicted molar refractivity (Wildman–Crippen MR) is 81.5 cm³/mol. The molecular weight excluding hydrogens is 252 g/mol. The molecule has 1 heterocycles. The number of amides is 1. The summed E-state index contributed by atoms with van der Waals surface area (Å²) in [4.78, 5) is 14.0. The summed E-state index contributed by atoms with van der Waals surface area (Å²) in [5.74, 6) is 0.548. The monoisotopic (exact) mass is 280 g/mol. The molecule has 0 saturated heterocycles. The number of carbonyl (C=O) groups excluding carboxylic acids is 1. The van der Waals surface area contributed by atoms with E-state index >= 15 is 0 Å². The number of carbonyl (C=O) groups is 1. The average Bonchev–Trinajstić information content (AvgIpc) is 2.78. The minimum Gasteiger partial charge on any atom is -0.342 e. The molecule has 1 rings (SSSR count). The third-order valence-corrected chi connectivity index (χ3v) is 3.53. The van der Waals surface area contributed by atoms with Gasteiger partial charge >= 0.3 is 0 Å². The Labute approximate surface area is 122 Å². The highest BCUT2D eigenvalue weighted by Gasteiger charge is 2.19. The van der Waals surface area contributed by atoms with Crippen LogP contribution in [0.25, 0.3) is 0 Å². The number of likely N-dealkylation sites (N-methyl/N-ethyl adjacent to an activating group) is 1. The van der Waals surface area contributed by atoms with Gasteiger partial charge < -0.3 is 10.2 Å². The Morgan fingerprint density at radius 2 is 1.95 bits per heavy atom. The molecular formula is C15H28N4O. The van der Waals surface area contributed by atoms with E-state index in [0.29, 0.717) is 12.5 Å². The summed E-state index contributed by atoms with van der Waals surface area (Å²) < 4.78 is 1.84. The molecule has 1 N–H and O–H groups in total. The number of nitrogens with zero attached hydrogens (tertiary/aromatic N) is 3. The molecule has 20 heavy (non-hydrogen) atoms. The molecule has 0 fully saturated rings. The average molecular weight is 280 g/mol. The topological polar surface area (TPSA) is 50.2 Å². The predicted octanol–water partition coefficient (Wildman–Crippen LogP) is 1.89. The van der Waals surface area contributed by atoms with Gasteiger partial charge in [-0.2, -0.15) is 5.10 Å². The van der Waals surface area contributed by atoms with Crippen molar-refractivity contribution in [1.82, 2.24) is 20.0 Å². The highest BCUT2D eigenvalue weighted by atomic mass is 16.2. The largest absolute Gasteiger partial charge is 0.342 e. The molecule has 1 aromatic heterocycles. The normalized spacial score (nSPS) is 12.8. The molecule has 0 aromatic carbocycles. The minimum absolute atomic E-state index is 0.157. The van der Waals surface area contributed by atoms with Gasteiger partial charge in [0.15, 0.2) is 0 Å². The first-order chi connectivity index (χ1) is 9.40. The summed E-state index contributed by atoms with van der Waals surface area (Å²) in [6.07, 6.45) is 2.02. The summed E-state index contributed by atoms with van der Waals surface area (Å²) in [6.45, 7) is 12.4. The van der Waals surface area contributed by atoms with Crippen molar-refractivity contribution in [2.75, 3.05) is 13.1 Å². The molecule has 0 aliphatic carbocycles. The fourth-order valence-electron chi connectivity index (χ4n) is 2.34. The lowest BCUT2D eigenvalue weighted by Gasteiger charge is -2.23. The van der Waals surface area contributed by atoms with Crippen LogP contribution >= 0.6 is 0 Å². The van der Waals surface area contributed by atoms with Gasteiger partial charge in [-0.25, -0.2) is 0 Å². The molecule has 0 aliphatic heterocycles. The number of rotatable bonds is 7. The van der Waals surface area contributed by atoms with Crippen LogP contribution in [-0.4, -0.2) is 39.7 Å². The Hall–Kier alpha value is -1.36. The van der Waals surface area contributed by atoms with Crippen LogP contribution in [0.3, 0.4) is 0 Å².